The summed E-state index contributed by atoms with van der Waals surface area (Å²) in [5.74, 6) is 0.851. The maximum atomic E-state index is 5.34. The molecule has 0 saturated carbocycles. The first-order valence-corrected chi connectivity index (χ1v) is 8.49. The summed E-state index contributed by atoms with van der Waals surface area (Å²) in [4.78, 5) is 6.75. The van der Waals surface area contributed by atoms with Crippen molar-refractivity contribution >= 4 is 28.7 Å². The van der Waals surface area contributed by atoms with Crippen LogP contribution in [-0.2, 0) is 0 Å². The third-order valence-corrected chi connectivity index (χ3v) is 4.60. The fourth-order valence-electron chi connectivity index (χ4n) is 3.24. The van der Waals surface area contributed by atoms with Crippen molar-refractivity contribution in [1.29, 1.82) is 0 Å². The van der Waals surface area contributed by atoms with Crippen LogP contribution in [0.5, 0.6) is 5.75 Å². The summed E-state index contributed by atoms with van der Waals surface area (Å²) in [7, 11) is 1.69. The molecular weight excluding hydrogens is 308 g/mol. The molecule has 0 N–H and O–H groups in total. The van der Waals surface area contributed by atoms with Crippen molar-refractivity contribution in [3.63, 3.8) is 0 Å². The van der Waals surface area contributed by atoms with Gasteiger partial charge in [0.25, 0.3) is 0 Å². The molecule has 0 atom stereocenters. The van der Waals surface area contributed by atoms with Gasteiger partial charge in [0.05, 0.1) is 12.8 Å². The highest BCUT2D eigenvalue weighted by Gasteiger charge is 2.15. The monoisotopic (exact) mass is 328 g/mol. The molecular formula is C22H20N2O. The Balaban J connectivity index is 1.72. The number of fused-ring (bicyclic) bond motifs is 2. The second-order valence-corrected chi connectivity index (χ2v) is 6.00. The number of allylic oxidation sites excluding steroid dienone is 5. The standard InChI is InChI=1S/C22H20N2O/c1-3-24-13-12-16(19-6-4-5-7-22(19)24)8-9-17-15-23-21-11-10-18(25-2)14-20(17)21/h4-15H,3H2,1-2H3. The number of hydrogen-bond donors (Lipinski definition) is 0. The molecule has 0 fully saturated rings. The van der Waals surface area contributed by atoms with Crippen LogP contribution in [0.1, 0.15) is 18.1 Å². The molecule has 124 valence electrons. The van der Waals surface area contributed by atoms with E-state index in [0.29, 0.717) is 0 Å². The quantitative estimate of drug-likeness (QED) is 0.770. The Kier molecular flexibility index (Phi) is 3.98. The minimum absolute atomic E-state index is 0.851. The van der Waals surface area contributed by atoms with Crippen molar-refractivity contribution < 1.29 is 4.74 Å². The van der Waals surface area contributed by atoms with E-state index in [2.05, 4.69) is 65.5 Å². The Hall–Kier alpha value is -3.07. The molecule has 0 aromatic heterocycles. The summed E-state index contributed by atoms with van der Waals surface area (Å²) in [5, 5.41) is 0. The highest BCUT2D eigenvalue weighted by molar-refractivity contribution is 6.17. The molecule has 0 saturated heterocycles. The fraction of sp³-hybridized carbons (Fsp3) is 0.136. The number of benzene rings is 2. The molecule has 3 heteroatoms. The lowest BCUT2D eigenvalue weighted by Gasteiger charge is -2.26. The molecule has 25 heavy (non-hydrogen) atoms. The van der Waals surface area contributed by atoms with Gasteiger partial charge in [-0.3, -0.25) is 4.99 Å². The topological polar surface area (TPSA) is 24.8 Å². The number of anilines is 1. The largest absolute Gasteiger partial charge is 0.497 e. The lowest BCUT2D eigenvalue weighted by atomic mass is 9.98. The number of hydrogen-bond acceptors (Lipinski definition) is 3. The van der Waals surface area contributed by atoms with Crippen molar-refractivity contribution in [3.05, 3.63) is 78.0 Å². The minimum Gasteiger partial charge on any atom is -0.497 e. The molecule has 0 unspecified atom stereocenters. The van der Waals surface area contributed by atoms with E-state index in [0.717, 1.165) is 29.1 Å². The molecule has 0 bridgehead atoms. The van der Waals surface area contributed by atoms with E-state index in [-0.39, 0.29) is 0 Å². The van der Waals surface area contributed by atoms with Gasteiger partial charge in [-0.05, 0) is 42.8 Å². The van der Waals surface area contributed by atoms with E-state index >= 15 is 0 Å². The molecule has 2 heterocycles. The zero-order chi connectivity index (χ0) is 17.2. The van der Waals surface area contributed by atoms with E-state index in [9.17, 15) is 0 Å². The normalized spacial score (nSPS) is 17.9. The lowest BCUT2D eigenvalue weighted by molar-refractivity contribution is 0.415. The van der Waals surface area contributed by atoms with Gasteiger partial charge in [0, 0.05) is 41.3 Å². The number of methoxy groups -OCH3 is 1. The Labute approximate surface area is 148 Å². The first-order chi connectivity index (χ1) is 12.3. The zero-order valence-electron chi connectivity index (χ0n) is 14.4. The minimum atomic E-state index is 0.851. The molecule has 2 aliphatic rings. The van der Waals surface area contributed by atoms with E-state index < -0.39 is 0 Å². The van der Waals surface area contributed by atoms with Crippen molar-refractivity contribution in [1.82, 2.24) is 0 Å². The zero-order valence-corrected chi connectivity index (χ0v) is 14.4. The molecule has 0 aliphatic carbocycles. The maximum absolute atomic E-state index is 5.34. The molecule has 2 aromatic rings. The summed E-state index contributed by atoms with van der Waals surface area (Å²) in [6.07, 6.45) is 10.5. The SMILES string of the molecule is CCN1C=CC(=CC=C2C=Nc3ccc(OC)cc32)c2ccccc21. The predicted octanol–water partition coefficient (Wildman–Crippen LogP) is 5.23. The van der Waals surface area contributed by atoms with Crippen LogP contribution in [-0.4, -0.2) is 19.9 Å². The Morgan fingerprint density at radius 3 is 2.72 bits per heavy atom. The Morgan fingerprint density at radius 2 is 1.88 bits per heavy atom. The first-order valence-electron chi connectivity index (χ1n) is 8.49. The summed E-state index contributed by atoms with van der Waals surface area (Å²) < 4.78 is 5.34. The van der Waals surface area contributed by atoms with Crippen LogP contribution < -0.4 is 9.64 Å². The number of rotatable bonds is 3. The highest BCUT2D eigenvalue weighted by Crippen LogP contribution is 2.36. The van der Waals surface area contributed by atoms with Crippen LogP contribution in [0.2, 0.25) is 0 Å². The van der Waals surface area contributed by atoms with Crippen LogP contribution in [0.15, 0.2) is 71.9 Å². The average Bonchev–Trinajstić information content (AvgIpc) is 3.08. The second-order valence-electron chi connectivity index (χ2n) is 6.00. The van der Waals surface area contributed by atoms with E-state index in [1.165, 1.54) is 16.8 Å². The van der Waals surface area contributed by atoms with Gasteiger partial charge >= 0.3 is 0 Å². The van der Waals surface area contributed by atoms with Gasteiger partial charge in [-0.15, -0.1) is 0 Å². The van der Waals surface area contributed by atoms with Gasteiger partial charge < -0.3 is 9.64 Å². The third kappa shape index (κ3) is 2.78. The molecule has 4 rings (SSSR count). The van der Waals surface area contributed by atoms with Gasteiger partial charge in [0.1, 0.15) is 5.75 Å². The number of para-hydroxylation sites is 1. The number of ether oxygens (including phenoxy) is 1. The van der Waals surface area contributed by atoms with Crippen molar-refractivity contribution in [2.45, 2.75) is 6.92 Å². The lowest BCUT2D eigenvalue weighted by Crippen LogP contribution is -2.18. The number of aliphatic imine (C=N–C) groups is 1. The van der Waals surface area contributed by atoms with Gasteiger partial charge in [-0.25, -0.2) is 0 Å². The summed E-state index contributed by atoms with van der Waals surface area (Å²) >= 11 is 0. The smallest absolute Gasteiger partial charge is 0.119 e. The summed E-state index contributed by atoms with van der Waals surface area (Å²) in [6.45, 7) is 3.12. The van der Waals surface area contributed by atoms with Gasteiger partial charge in [-0.1, -0.05) is 30.4 Å². The first kappa shape index (κ1) is 15.5. The average molecular weight is 328 g/mol. The van der Waals surface area contributed by atoms with Crippen molar-refractivity contribution in [2.75, 3.05) is 18.6 Å². The second kappa shape index (κ2) is 6.44. The molecule has 3 nitrogen and oxygen atoms in total. The molecule has 0 spiro atoms. The van der Waals surface area contributed by atoms with Crippen LogP contribution in [0, 0.1) is 0 Å². The van der Waals surface area contributed by atoms with Gasteiger partial charge in [0.15, 0.2) is 0 Å². The highest BCUT2D eigenvalue weighted by atomic mass is 16.5. The third-order valence-electron chi connectivity index (χ3n) is 4.60. The van der Waals surface area contributed by atoms with Crippen LogP contribution in [0.4, 0.5) is 11.4 Å². The molecule has 0 radical (unpaired) electrons. The number of nitrogens with zero attached hydrogens (tertiary/aromatic N) is 2. The van der Waals surface area contributed by atoms with Crippen LogP contribution in [0.25, 0.3) is 11.1 Å². The van der Waals surface area contributed by atoms with Crippen LogP contribution in [0.3, 0.4) is 0 Å². The van der Waals surface area contributed by atoms with E-state index in [1.807, 2.05) is 24.4 Å². The Morgan fingerprint density at radius 1 is 1.04 bits per heavy atom. The van der Waals surface area contributed by atoms with Gasteiger partial charge in [0.2, 0.25) is 0 Å². The van der Waals surface area contributed by atoms with Crippen molar-refractivity contribution in [3.8, 4) is 5.75 Å². The molecule has 2 aromatic carbocycles. The summed E-state index contributed by atoms with van der Waals surface area (Å²) in [5.41, 5.74) is 6.91. The fourth-order valence-corrected chi connectivity index (χ4v) is 3.24. The van der Waals surface area contributed by atoms with Gasteiger partial charge in [-0.2, -0.15) is 0 Å². The van der Waals surface area contributed by atoms with E-state index in [4.69, 9.17) is 4.74 Å². The Bertz CT molecular complexity index is 935. The molecule has 0 amide bonds. The van der Waals surface area contributed by atoms with Crippen LogP contribution >= 0.6 is 0 Å². The maximum Gasteiger partial charge on any atom is 0.119 e. The molecule has 2 aliphatic heterocycles. The van der Waals surface area contributed by atoms with Crippen molar-refractivity contribution in [2.24, 2.45) is 4.99 Å². The summed E-state index contributed by atoms with van der Waals surface area (Å²) in [6, 6.07) is 14.5. The van der Waals surface area contributed by atoms with E-state index in [1.54, 1.807) is 7.11 Å². The predicted molar refractivity (Wildman–Crippen MR) is 106 cm³/mol.